The Bertz CT molecular complexity index is 810. The molecule has 0 saturated heterocycles. The van der Waals surface area contributed by atoms with Crippen LogP contribution in [0.4, 0.5) is 0 Å². The van der Waals surface area contributed by atoms with Gasteiger partial charge in [0, 0.05) is 17.0 Å². The number of rotatable bonds is 1. The van der Waals surface area contributed by atoms with E-state index in [1.807, 2.05) is 19.1 Å². The second-order valence-electron chi connectivity index (χ2n) is 4.15. The number of methoxy groups -OCH3 is 1. The van der Waals surface area contributed by atoms with Gasteiger partial charge in [-0.2, -0.15) is 0 Å². The summed E-state index contributed by atoms with van der Waals surface area (Å²) >= 11 is 5.01. The number of aromatic amines is 1. The maximum Gasteiger partial charge on any atom is 0.198 e. The summed E-state index contributed by atoms with van der Waals surface area (Å²) in [5.74, 6) is 0.767. The van der Waals surface area contributed by atoms with Gasteiger partial charge in [0.25, 0.3) is 0 Å². The topological polar surface area (TPSA) is 50.8 Å². The van der Waals surface area contributed by atoms with Gasteiger partial charge in [-0.05, 0) is 42.9 Å². The molecular weight excluding hydrogens is 246 g/mol. The molecule has 1 aromatic carbocycles. The van der Waals surface area contributed by atoms with Crippen molar-refractivity contribution in [1.29, 1.82) is 0 Å². The molecule has 5 heteroatoms. The van der Waals surface area contributed by atoms with Gasteiger partial charge in [-0.15, -0.1) is 0 Å². The first-order valence-corrected chi connectivity index (χ1v) is 5.92. The van der Waals surface area contributed by atoms with E-state index in [9.17, 15) is 0 Å². The molecule has 0 aliphatic heterocycles. The lowest BCUT2D eigenvalue weighted by molar-refractivity contribution is 0.418. The lowest BCUT2D eigenvalue weighted by Gasteiger charge is -2.07. The van der Waals surface area contributed by atoms with E-state index in [2.05, 4.69) is 21.0 Å². The molecule has 0 atom stereocenters. The number of H-pyrrole nitrogens is 1. The summed E-state index contributed by atoms with van der Waals surface area (Å²) < 4.78 is 5.80. The van der Waals surface area contributed by atoms with Crippen LogP contribution in [0.1, 0.15) is 5.56 Å². The number of nitrogens with one attached hydrogen (secondary N) is 1. The van der Waals surface area contributed by atoms with E-state index < -0.39 is 0 Å². The highest BCUT2D eigenvalue weighted by atomic mass is 32.1. The van der Waals surface area contributed by atoms with Gasteiger partial charge in [0.05, 0.1) is 7.11 Å². The predicted molar refractivity (Wildman–Crippen MR) is 73.5 cm³/mol. The third kappa shape index (κ3) is 1.73. The SMILES string of the molecule is COc1cc(C)cc2cc3cnc(=S)[nH]c3nc12. The van der Waals surface area contributed by atoms with Gasteiger partial charge >= 0.3 is 0 Å². The van der Waals surface area contributed by atoms with Crippen LogP contribution >= 0.6 is 12.2 Å². The highest BCUT2D eigenvalue weighted by molar-refractivity contribution is 7.71. The number of aromatic nitrogens is 3. The van der Waals surface area contributed by atoms with Gasteiger partial charge in [-0.25, -0.2) is 9.97 Å². The summed E-state index contributed by atoms with van der Waals surface area (Å²) in [6.45, 7) is 2.03. The molecule has 3 rings (SSSR count). The van der Waals surface area contributed by atoms with Gasteiger partial charge in [-0.1, -0.05) is 0 Å². The summed E-state index contributed by atoms with van der Waals surface area (Å²) in [4.78, 5) is 11.6. The minimum atomic E-state index is 0.431. The van der Waals surface area contributed by atoms with Crippen LogP contribution < -0.4 is 4.74 Å². The summed E-state index contributed by atoms with van der Waals surface area (Å²) in [5, 5.41) is 1.97. The van der Waals surface area contributed by atoms with Crippen molar-refractivity contribution in [2.75, 3.05) is 7.11 Å². The molecule has 0 aliphatic rings. The van der Waals surface area contributed by atoms with Crippen LogP contribution in [0.2, 0.25) is 0 Å². The lowest BCUT2D eigenvalue weighted by atomic mass is 10.1. The number of fused-ring (bicyclic) bond motifs is 2. The molecule has 1 N–H and O–H groups in total. The molecule has 0 unspecified atom stereocenters. The van der Waals surface area contributed by atoms with E-state index in [4.69, 9.17) is 17.0 Å². The molecular formula is C13H11N3OS. The van der Waals surface area contributed by atoms with Crippen LogP contribution in [0.5, 0.6) is 5.75 Å². The minimum absolute atomic E-state index is 0.431. The Morgan fingerprint density at radius 3 is 2.83 bits per heavy atom. The van der Waals surface area contributed by atoms with E-state index in [0.717, 1.165) is 33.2 Å². The monoisotopic (exact) mass is 257 g/mol. The van der Waals surface area contributed by atoms with Crippen molar-refractivity contribution < 1.29 is 4.74 Å². The predicted octanol–water partition coefficient (Wildman–Crippen LogP) is 3.16. The molecule has 18 heavy (non-hydrogen) atoms. The van der Waals surface area contributed by atoms with Crippen LogP contribution in [-0.2, 0) is 0 Å². The smallest absolute Gasteiger partial charge is 0.198 e. The van der Waals surface area contributed by atoms with Crippen molar-refractivity contribution in [3.05, 3.63) is 34.7 Å². The van der Waals surface area contributed by atoms with Crippen LogP contribution in [0.3, 0.4) is 0 Å². The second-order valence-corrected chi connectivity index (χ2v) is 4.54. The van der Waals surface area contributed by atoms with Gasteiger partial charge in [-0.3, -0.25) is 0 Å². The first-order chi connectivity index (χ1) is 8.67. The number of pyridine rings is 1. The van der Waals surface area contributed by atoms with Gasteiger partial charge in [0.15, 0.2) is 4.77 Å². The van der Waals surface area contributed by atoms with E-state index in [-0.39, 0.29) is 0 Å². The molecule has 0 spiro atoms. The molecule has 0 bridgehead atoms. The maximum absolute atomic E-state index is 5.37. The third-order valence-electron chi connectivity index (χ3n) is 2.82. The largest absolute Gasteiger partial charge is 0.494 e. The van der Waals surface area contributed by atoms with Gasteiger partial charge in [0.1, 0.15) is 16.9 Å². The number of aryl methyl sites for hydroxylation is 1. The minimum Gasteiger partial charge on any atom is -0.494 e. The fourth-order valence-corrected chi connectivity index (χ4v) is 2.18. The maximum atomic E-state index is 5.37. The Kier molecular flexibility index (Phi) is 2.48. The Morgan fingerprint density at radius 1 is 1.22 bits per heavy atom. The van der Waals surface area contributed by atoms with Crippen molar-refractivity contribution in [3.63, 3.8) is 0 Å². The normalized spacial score (nSPS) is 11.0. The lowest BCUT2D eigenvalue weighted by Crippen LogP contribution is -1.92. The molecule has 3 aromatic rings. The van der Waals surface area contributed by atoms with Crippen molar-refractivity contribution in [2.45, 2.75) is 6.92 Å². The van der Waals surface area contributed by atoms with Crippen molar-refractivity contribution in [3.8, 4) is 5.75 Å². The Labute approximate surface area is 109 Å². The zero-order valence-electron chi connectivity index (χ0n) is 10.0. The third-order valence-corrected chi connectivity index (χ3v) is 3.03. The number of ether oxygens (including phenoxy) is 1. The fourth-order valence-electron chi connectivity index (χ4n) is 2.03. The first-order valence-electron chi connectivity index (χ1n) is 5.52. The zero-order chi connectivity index (χ0) is 12.7. The van der Waals surface area contributed by atoms with Gasteiger partial charge in [0.2, 0.25) is 0 Å². The number of hydrogen-bond acceptors (Lipinski definition) is 4. The fraction of sp³-hybridized carbons (Fsp3) is 0.154. The highest BCUT2D eigenvalue weighted by Gasteiger charge is 2.06. The van der Waals surface area contributed by atoms with Crippen LogP contribution in [0, 0.1) is 11.7 Å². The van der Waals surface area contributed by atoms with Crippen molar-refractivity contribution in [1.82, 2.24) is 15.0 Å². The van der Waals surface area contributed by atoms with Crippen molar-refractivity contribution in [2.24, 2.45) is 0 Å². The first kappa shape index (κ1) is 11.1. The summed E-state index contributed by atoms with van der Waals surface area (Å²) in [6.07, 6.45) is 1.73. The summed E-state index contributed by atoms with van der Waals surface area (Å²) in [7, 11) is 1.65. The molecule has 90 valence electrons. The van der Waals surface area contributed by atoms with E-state index >= 15 is 0 Å². The molecule has 0 fully saturated rings. The van der Waals surface area contributed by atoms with Gasteiger partial charge < -0.3 is 9.72 Å². The molecule has 0 amide bonds. The van der Waals surface area contributed by atoms with Crippen molar-refractivity contribution >= 4 is 34.2 Å². The number of hydrogen-bond donors (Lipinski definition) is 1. The molecule has 0 radical (unpaired) electrons. The molecule has 2 aromatic heterocycles. The average molecular weight is 257 g/mol. The molecule has 0 saturated carbocycles. The molecule has 0 aliphatic carbocycles. The molecule has 4 nitrogen and oxygen atoms in total. The zero-order valence-corrected chi connectivity index (χ0v) is 10.8. The standard InChI is InChI=1S/C13H11N3OS/c1-7-3-8-5-9-6-14-13(18)16-12(9)15-11(8)10(4-7)17-2/h3-6H,1-2H3,(H,14,15,16,18). The van der Waals surface area contributed by atoms with Crippen LogP contribution in [0.15, 0.2) is 24.4 Å². The second kappa shape index (κ2) is 4.03. The summed E-state index contributed by atoms with van der Waals surface area (Å²) in [5.41, 5.74) is 2.69. The average Bonchev–Trinajstić information content (AvgIpc) is 2.35. The van der Waals surface area contributed by atoms with E-state index in [1.165, 1.54) is 0 Å². The Morgan fingerprint density at radius 2 is 2.06 bits per heavy atom. The number of nitrogens with zero attached hydrogens (tertiary/aromatic N) is 2. The van der Waals surface area contributed by atoms with E-state index in [1.54, 1.807) is 13.3 Å². The quantitative estimate of drug-likeness (QED) is 0.537. The Hall–Kier alpha value is -2.01. The molecule has 2 heterocycles. The summed E-state index contributed by atoms with van der Waals surface area (Å²) in [6, 6.07) is 6.08. The van der Waals surface area contributed by atoms with Crippen LogP contribution in [-0.4, -0.2) is 22.1 Å². The Balaban J connectivity index is 2.48. The highest BCUT2D eigenvalue weighted by Crippen LogP contribution is 2.27. The number of benzene rings is 1. The van der Waals surface area contributed by atoms with E-state index in [0.29, 0.717) is 4.77 Å². The van der Waals surface area contributed by atoms with Crippen LogP contribution in [0.25, 0.3) is 21.9 Å².